The van der Waals surface area contributed by atoms with Crippen LogP contribution in [0.15, 0.2) is 36.4 Å². The van der Waals surface area contributed by atoms with E-state index in [2.05, 4.69) is 10.7 Å². The van der Waals surface area contributed by atoms with Crippen LogP contribution in [0, 0.1) is 23.2 Å². The number of nitrogens with one attached hydrogen (secondary N) is 3. The molecule has 0 radical (unpaired) electrons. The van der Waals surface area contributed by atoms with Crippen molar-refractivity contribution in [2.45, 2.75) is 65.3 Å². The molecule has 1 fully saturated rings. The number of hydrogen-bond donors (Lipinski definition) is 5. The minimum atomic E-state index is -1.69. The smallest absolute Gasteiger partial charge is 0.249 e. The number of carbonyl (C=O) groups excluding carboxylic acids is 4. The van der Waals surface area contributed by atoms with Gasteiger partial charge in [-0.3, -0.25) is 29.8 Å². The highest BCUT2D eigenvalue weighted by atomic mass is 16.5. The maximum absolute atomic E-state index is 14.5. The summed E-state index contributed by atoms with van der Waals surface area (Å²) in [5.74, 6) is 1.38. The van der Waals surface area contributed by atoms with Crippen LogP contribution in [-0.2, 0) is 19.2 Å². The minimum Gasteiger partial charge on any atom is -0.342 e. The number of hydrogen-bond acceptors (Lipinski definition) is 6. The van der Waals surface area contributed by atoms with E-state index >= 15 is 0 Å². The summed E-state index contributed by atoms with van der Waals surface area (Å²) in [6.45, 7) is 7.31. The van der Waals surface area contributed by atoms with E-state index in [4.69, 9.17) is 5.84 Å². The lowest BCUT2D eigenvalue weighted by Gasteiger charge is -2.42. The van der Waals surface area contributed by atoms with Gasteiger partial charge in [0, 0.05) is 5.92 Å². The lowest BCUT2D eigenvalue weighted by Crippen LogP contribution is -2.65. The summed E-state index contributed by atoms with van der Waals surface area (Å²) < 4.78 is 0. The first kappa shape index (κ1) is 28.2. The van der Waals surface area contributed by atoms with E-state index in [-0.39, 0.29) is 37.5 Å². The standard InChI is InChI=1S/C26H38N4O5/c1-5-14-25(15-17(2)3,24(34)29-27)23(33)26(16-18(4)21(31)28-26)20(22(32)30-35)13-9-12-19-10-7-6-8-11-19/h6-12,17-18,20,35H,5,13-16,27H2,1-4H3,(H,28,31)(H,29,34)(H,30,32)/b12-9+/t18?,20-,25?,26+/m1/s1. The summed E-state index contributed by atoms with van der Waals surface area (Å²) in [6, 6.07) is 9.40. The summed E-state index contributed by atoms with van der Waals surface area (Å²) in [7, 11) is 0. The Morgan fingerprint density at radius 1 is 1.29 bits per heavy atom. The van der Waals surface area contributed by atoms with Crippen LogP contribution in [-0.4, -0.2) is 34.3 Å². The van der Waals surface area contributed by atoms with Crippen molar-refractivity contribution < 1.29 is 24.4 Å². The van der Waals surface area contributed by atoms with Gasteiger partial charge < -0.3 is 5.32 Å². The van der Waals surface area contributed by atoms with Crippen molar-refractivity contribution in [3.8, 4) is 0 Å². The third kappa shape index (κ3) is 5.97. The van der Waals surface area contributed by atoms with Crippen LogP contribution in [0.3, 0.4) is 0 Å². The van der Waals surface area contributed by atoms with Gasteiger partial charge in [-0.15, -0.1) is 0 Å². The molecule has 0 aliphatic carbocycles. The molecular weight excluding hydrogens is 448 g/mol. The van der Waals surface area contributed by atoms with Gasteiger partial charge >= 0.3 is 0 Å². The van der Waals surface area contributed by atoms with Gasteiger partial charge in [0.2, 0.25) is 17.7 Å². The van der Waals surface area contributed by atoms with Crippen molar-refractivity contribution in [1.82, 2.24) is 16.2 Å². The average Bonchev–Trinajstić information content (AvgIpc) is 3.14. The molecule has 0 bridgehead atoms. The molecule has 1 aliphatic heterocycles. The van der Waals surface area contributed by atoms with Crippen LogP contribution in [0.5, 0.6) is 0 Å². The topological polar surface area (TPSA) is 151 Å². The van der Waals surface area contributed by atoms with Gasteiger partial charge in [-0.2, -0.15) is 0 Å². The van der Waals surface area contributed by atoms with Crippen LogP contribution in [0.2, 0.25) is 0 Å². The molecule has 1 aromatic carbocycles. The molecule has 2 rings (SSSR count). The van der Waals surface area contributed by atoms with Gasteiger partial charge in [-0.25, -0.2) is 11.3 Å². The van der Waals surface area contributed by atoms with Crippen LogP contribution in [0.25, 0.3) is 6.08 Å². The maximum atomic E-state index is 14.5. The lowest BCUT2D eigenvalue weighted by atomic mass is 9.62. The zero-order chi connectivity index (χ0) is 26.2. The van der Waals surface area contributed by atoms with E-state index in [9.17, 15) is 24.4 Å². The van der Waals surface area contributed by atoms with Crippen molar-refractivity contribution in [2.75, 3.05) is 0 Å². The van der Waals surface area contributed by atoms with Crippen LogP contribution < -0.4 is 22.1 Å². The fourth-order valence-corrected chi connectivity index (χ4v) is 5.33. The number of rotatable bonds is 12. The molecule has 0 spiro atoms. The SMILES string of the molecule is CCCC(CC(C)C)(C(=O)NN)C(=O)[C@@]1([C@H](C/C=C/c2ccccc2)C(=O)NO)CC(C)C(=O)N1. The maximum Gasteiger partial charge on any atom is 0.249 e. The number of benzene rings is 1. The fraction of sp³-hybridized carbons (Fsp3) is 0.538. The van der Waals surface area contributed by atoms with Gasteiger partial charge in [0.05, 0.1) is 5.92 Å². The molecule has 1 aromatic rings. The summed E-state index contributed by atoms with van der Waals surface area (Å²) in [5, 5.41) is 12.4. The predicted molar refractivity (Wildman–Crippen MR) is 132 cm³/mol. The van der Waals surface area contributed by atoms with Gasteiger partial charge in [0.1, 0.15) is 11.0 Å². The van der Waals surface area contributed by atoms with E-state index in [0.29, 0.717) is 6.42 Å². The number of carbonyl (C=O) groups is 4. The zero-order valence-corrected chi connectivity index (χ0v) is 21.0. The third-order valence-electron chi connectivity index (χ3n) is 6.76. The number of hydroxylamine groups is 1. The molecule has 1 aliphatic rings. The highest BCUT2D eigenvalue weighted by Gasteiger charge is 2.62. The molecule has 4 atom stereocenters. The normalized spacial score (nSPS) is 22.5. The first-order chi connectivity index (χ1) is 16.6. The molecule has 35 heavy (non-hydrogen) atoms. The molecule has 9 nitrogen and oxygen atoms in total. The second-order valence-electron chi connectivity index (χ2n) is 9.88. The third-order valence-corrected chi connectivity index (χ3v) is 6.76. The highest BCUT2D eigenvalue weighted by molar-refractivity contribution is 6.13. The lowest BCUT2D eigenvalue weighted by molar-refractivity contribution is -0.154. The molecule has 6 N–H and O–H groups in total. The highest BCUT2D eigenvalue weighted by Crippen LogP contribution is 2.44. The summed E-state index contributed by atoms with van der Waals surface area (Å²) in [5.41, 5.74) is 1.46. The first-order valence-electron chi connectivity index (χ1n) is 12.1. The first-order valence-corrected chi connectivity index (χ1v) is 12.1. The Hall–Kier alpha value is -3.04. The Balaban J connectivity index is 2.64. The molecule has 2 unspecified atom stereocenters. The van der Waals surface area contributed by atoms with E-state index in [0.717, 1.165) is 5.56 Å². The predicted octanol–water partition coefficient (Wildman–Crippen LogP) is 2.50. The molecule has 1 saturated heterocycles. The molecule has 0 saturated carbocycles. The van der Waals surface area contributed by atoms with Crippen LogP contribution >= 0.6 is 0 Å². The summed E-state index contributed by atoms with van der Waals surface area (Å²) in [4.78, 5) is 53.4. The Bertz CT molecular complexity index is 948. The largest absolute Gasteiger partial charge is 0.342 e. The number of amides is 3. The van der Waals surface area contributed by atoms with Gasteiger partial charge in [0.25, 0.3) is 0 Å². The summed E-state index contributed by atoms with van der Waals surface area (Å²) >= 11 is 0. The van der Waals surface area contributed by atoms with Gasteiger partial charge in [0.15, 0.2) is 5.78 Å². The van der Waals surface area contributed by atoms with Gasteiger partial charge in [-0.1, -0.05) is 76.6 Å². The number of Topliss-reactive ketones (excluding diaryl/α,β-unsaturated/α-hetero) is 1. The number of ketones is 1. The second-order valence-corrected chi connectivity index (χ2v) is 9.88. The van der Waals surface area contributed by atoms with Crippen molar-refractivity contribution in [3.05, 3.63) is 42.0 Å². The average molecular weight is 487 g/mol. The number of allylic oxidation sites excluding steroid dienone is 1. The monoisotopic (exact) mass is 486 g/mol. The van der Waals surface area contributed by atoms with E-state index < -0.39 is 40.4 Å². The Labute approximate surface area is 206 Å². The number of nitrogens with two attached hydrogens (primary N) is 1. The van der Waals surface area contributed by atoms with Crippen molar-refractivity contribution in [2.24, 2.45) is 29.0 Å². The molecule has 9 heteroatoms. The molecule has 0 aromatic heterocycles. The van der Waals surface area contributed by atoms with Crippen LogP contribution in [0.1, 0.15) is 65.4 Å². The van der Waals surface area contributed by atoms with E-state index in [1.54, 1.807) is 24.6 Å². The van der Waals surface area contributed by atoms with E-state index in [1.807, 2.05) is 51.1 Å². The molecule has 192 valence electrons. The Morgan fingerprint density at radius 2 is 1.94 bits per heavy atom. The molecular formula is C26H38N4O5. The summed E-state index contributed by atoms with van der Waals surface area (Å²) in [6.07, 6.45) is 4.50. The van der Waals surface area contributed by atoms with Gasteiger partial charge in [-0.05, 0) is 37.2 Å². The minimum absolute atomic E-state index is 0.0172. The second kappa shape index (κ2) is 12.1. The number of hydrazine groups is 1. The fourth-order valence-electron chi connectivity index (χ4n) is 5.33. The zero-order valence-electron chi connectivity index (χ0n) is 21.0. The van der Waals surface area contributed by atoms with Crippen LogP contribution in [0.4, 0.5) is 0 Å². The van der Waals surface area contributed by atoms with Crippen molar-refractivity contribution >= 4 is 29.6 Å². The molecule has 1 heterocycles. The van der Waals surface area contributed by atoms with Crippen molar-refractivity contribution in [3.63, 3.8) is 0 Å². The Kier molecular flexibility index (Phi) is 9.73. The van der Waals surface area contributed by atoms with Crippen molar-refractivity contribution in [1.29, 1.82) is 0 Å². The Morgan fingerprint density at radius 3 is 2.43 bits per heavy atom. The quantitative estimate of drug-likeness (QED) is 0.101. The molecule has 3 amide bonds. The van der Waals surface area contributed by atoms with E-state index in [1.165, 1.54) is 0 Å².